The van der Waals surface area contributed by atoms with Gasteiger partial charge in [-0.25, -0.2) is 0 Å². The Labute approximate surface area is 131 Å². The van der Waals surface area contributed by atoms with Gasteiger partial charge in [-0.15, -0.1) is 0 Å². The molecule has 3 aliphatic heterocycles. The molecule has 120 valence electrons. The molecule has 3 heterocycles. The summed E-state index contributed by atoms with van der Waals surface area (Å²) in [6.07, 6.45) is 2.33. The lowest BCUT2D eigenvalue weighted by Crippen LogP contribution is -2.46. The number of nitrogens with one attached hydrogen (secondary N) is 1. The minimum absolute atomic E-state index is 0.188. The van der Waals surface area contributed by atoms with Crippen LogP contribution in [0.1, 0.15) is 5.56 Å². The second-order valence-electron chi connectivity index (χ2n) is 5.73. The first-order valence-corrected chi connectivity index (χ1v) is 7.34. The first kappa shape index (κ1) is 14.1. The van der Waals surface area contributed by atoms with Gasteiger partial charge in [-0.05, 0) is 17.7 Å². The summed E-state index contributed by atoms with van der Waals surface area (Å²) in [5, 5.41) is 14.0. The number of aliphatic carboxylic acids is 1. The van der Waals surface area contributed by atoms with Crippen LogP contribution in [0, 0.1) is 11.8 Å². The van der Waals surface area contributed by atoms with Gasteiger partial charge < -0.3 is 29.4 Å². The van der Waals surface area contributed by atoms with Crippen molar-refractivity contribution in [3.63, 3.8) is 0 Å². The summed E-state index contributed by atoms with van der Waals surface area (Å²) < 4.78 is 16.0. The lowest BCUT2D eigenvalue weighted by Gasteiger charge is -2.25. The van der Waals surface area contributed by atoms with Crippen molar-refractivity contribution in [3.05, 3.63) is 35.9 Å². The Balaban J connectivity index is 1.44. The van der Waals surface area contributed by atoms with Gasteiger partial charge in [0.25, 0.3) is 0 Å². The van der Waals surface area contributed by atoms with Gasteiger partial charge >= 0.3 is 0 Å². The molecule has 0 saturated carbocycles. The van der Waals surface area contributed by atoms with E-state index in [0.29, 0.717) is 11.5 Å². The van der Waals surface area contributed by atoms with Crippen molar-refractivity contribution in [1.29, 1.82) is 0 Å². The van der Waals surface area contributed by atoms with Crippen LogP contribution in [0.25, 0.3) is 0 Å². The van der Waals surface area contributed by atoms with E-state index in [9.17, 15) is 14.7 Å². The molecule has 4 rings (SSSR count). The SMILES string of the molecule is O=C([O-])[C@@H]1[C@@H](C(=O)NCc2ccc3c(c2)OCO3)[C@H]2C=C[C@@H]1O2. The van der Waals surface area contributed by atoms with E-state index in [-0.39, 0.29) is 19.2 Å². The number of amides is 1. The van der Waals surface area contributed by atoms with Crippen molar-refractivity contribution in [3.8, 4) is 11.5 Å². The third-order valence-electron chi connectivity index (χ3n) is 4.38. The number of carbonyl (C=O) groups is 2. The number of hydrogen-bond donors (Lipinski definition) is 1. The minimum atomic E-state index is -1.26. The third-order valence-corrected chi connectivity index (χ3v) is 4.38. The highest BCUT2D eigenvalue weighted by Crippen LogP contribution is 2.39. The average molecular weight is 316 g/mol. The number of carboxylic acid groups (broad SMARTS) is 1. The van der Waals surface area contributed by atoms with Crippen molar-refractivity contribution in [2.45, 2.75) is 18.8 Å². The van der Waals surface area contributed by atoms with Gasteiger partial charge in [0.05, 0.1) is 18.1 Å². The van der Waals surface area contributed by atoms with Crippen LogP contribution >= 0.6 is 0 Å². The molecule has 0 radical (unpaired) electrons. The Morgan fingerprint density at radius 1 is 1.13 bits per heavy atom. The van der Waals surface area contributed by atoms with Crippen LogP contribution < -0.4 is 19.9 Å². The number of hydrogen-bond acceptors (Lipinski definition) is 6. The summed E-state index contributed by atoms with van der Waals surface area (Å²) in [5.74, 6) is -2.01. The van der Waals surface area contributed by atoms with E-state index in [2.05, 4.69) is 5.32 Å². The fourth-order valence-electron chi connectivity index (χ4n) is 3.26. The maximum atomic E-state index is 12.4. The largest absolute Gasteiger partial charge is 0.550 e. The Hall–Kier alpha value is -2.54. The van der Waals surface area contributed by atoms with Gasteiger partial charge in [0.2, 0.25) is 12.7 Å². The molecule has 0 aromatic heterocycles. The quantitative estimate of drug-likeness (QED) is 0.742. The van der Waals surface area contributed by atoms with Crippen molar-refractivity contribution < 1.29 is 28.9 Å². The molecular formula is C16H14NO6-. The monoisotopic (exact) mass is 316 g/mol. The Kier molecular flexibility index (Phi) is 3.23. The molecule has 0 spiro atoms. The highest BCUT2D eigenvalue weighted by molar-refractivity contribution is 5.86. The minimum Gasteiger partial charge on any atom is -0.550 e. The first-order chi connectivity index (χ1) is 11.1. The van der Waals surface area contributed by atoms with E-state index in [1.807, 2.05) is 6.07 Å². The molecule has 2 bridgehead atoms. The molecule has 3 aliphatic rings. The molecule has 1 saturated heterocycles. The van der Waals surface area contributed by atoms with E-state index in [0.717, 1.165) is 5.56 Å². The standard InChI is InChI=1S/C16H15NO6/c18-15(13-10-3-4-11(23-10)14(13)16(19)20)17-6-8-1-2-9-12(5-8)22-7-21-9/h1-5,10-11,13-14H,6-7H2,(H,17,18)(H,19,20)/p-1/t10-,11+,13+,14+/m1/s1. The average Bonchev–Trinajstić information content (AvgIpc) is 3.25. The topological polar surface area (TPSA) is 96.9 Å². The third kappa shape index (κ3) is 2.33. The number of fused-ring (bicyclic) bond motifs is 3. The molecule has 1 aromatic carbocycles. The number of ether oxygens (including phenoxy) is 3. The molecule has 7 heteroatoms. The summed E-state index contributed by atoms with van der Waals surface area (Å²) in [4.78, 5) is 23.7. The summed E-state index contributed by atoms with van der Waals surface area (Å²) in [5.41, 5.74) is 0.840. The Morgan fingerprint density at radius 3 is 2.65 bits per heavy atom. The van der Waals surface area contributed by atoms with Crippen molar-refractivity contribution in [2.24, 2.45) is 11.8 Å². The number of benzene rings is 1. The van der Waals surface area contributed by atoms with Gasteiger partial charge in [-0.1, -0.05) is 18.2 Å². The smallest absolute Gasteiger partial charge is 0.231 e. The van der Waals surface area contributed by atoms with Gasteiger partial charge in [0.15, 0.2) is 11.5 Å². The van der Waals surface area contributed by atoms with E-state index in [1.165, 1.54) is 0 Å². The van der Waals surface area contributed by atoms with Crippen LogP contribution in [-0.4, -0.2) is 30.9 Å². The summed E-state index contributed by atoms with van der Waals surface area (Å²) in [7, 11) is 0. The number of carbonyl (C=O) groups excluding carboxylic acids is 2. The molecule has 4 atom stereocenters. The zero-order chi connectivity index (χ0) is 16.0. The molecule has 0 unspecified atom stereocenters. The molecular weight excluding hydrogens is 302 g/mol. The molecule has 7 nitrogen and oxygen atoms in total. The highest BCUT2D eigenvalue weighted by atomic mass is 16.7. The van der Waals surface area contributed by atoms with Gasteiger partial charge in [0, 0.05) is 18.4 Å². The van der Waals surface area contributed by atoms with Gasteiger partial charge in [-0.2, -0.15) is 0 Å². The van der Waals surface area contributed by atoms with Crippen LogP contribution in [-0.2, 0) is 20.9 Å². The maximum Gasteiger partial charge on any atom is 0.231 e. The van der Waals surface area contributed by atoms with E-state index in [1.54, 1.807) is 24.3 Å². The fourth-order valence-corrected chi connectivity index (χ4v) is 3.26. The second kappa shape index (κ2) is 5.27. The van der Waals surface area contributed by atoms with Crippen LogP contribution in [0.2, 0.25) is 0 Å². The Morgan fingerprint density at radius 2 is 1.87 bits per heavy atom. The molecule has 23 heavy (non-hydrogen) atoms. The fraction of sp³-hybridized carbons (Fsp3) is 0.375. The molecule has 1 aromatic rings. The first-order valence-electron chi connectivity index (χ1n) is 7.34. The molecule has 0 aliphatic carbocycles. The van der Waals surface area contributed by atoms with Gasteiger partial charge in [0.1, 0.15) is 0 Å². The zero-order valence-corrected chi connectivity index (χ0v) is 12.1. The highest BCUT2D eigenvalue weighted by Gasteiger charge is 2.50. The van der Waals surface area contributed by atoms with Crippen molar-refractivity contribution in [2.75, 3.05) is 6.79 Å². The summed E-state index contributed by atoms with van der Waals surface area (Å²) >= 11 is 0. The number of rotatable bonds is 4. The predicted molar refractivity (Wildman–Crippen MR) is 74.2 cm³/mol. The van der Waals surface area contributed by atoms with E-state index < -0.39 is 30.0 Å². The Bertz CT molecular complexity index is 700. The van der Waals surface area contributed by atoms with Crippen LogP contribution in [0.5, 0.6) is 11.5 Å². The van der Waals surface area contributed by atoms with E-state index >= 15 is 0 Å². The molecule has 1 fully saturated rings. The lowest BCUT2D eigenvalue weighted by molar-refractivity contribution is -0.313. The number of carboxylic acids is 1. The molecule has 1 N–H and O–H groups in total. The van der Waals surface area contributed by atoms with Gasteiger partial charge in [-0.3, -0.25) is 4.79 Å². The lowest BCUT2D eigenvalue weighted by atomic mass is 9.82. The second-order valence-corrected chi connectivity index (χ2v) is 5.73. The summed E-state index contributed by atoms with van der Waals surface area (Å²) in [6.45, 7) is 0.458. The van der Waals surface area contributed by atoms with Crippen molar-refractivity contribution in [1.82, 2.24) is 5.32 Å². The van der Waals surface area contributed by atoms with Crippen LogP contribution in [0.4, 0.5) is 0 Å². The van der Waals surface area contributed by atoms with Crippen LogP contribution in [0.15, 0.2) is 30.4 Å². The van der Waals surface area contributed by atoms with Crippen molar-refractivity contribution >= 4 is 11.9 Å². The normalized spacial score (nSPS) is 29.7. The van der Waals surface area contributed by atoms with Crippen LogP contribution in [0.3, 0.4) is 0 Å². The summed E-state index contributed by atoms with van der Waals surface area (Å²) in [6, 6.07) is 5.38. The van der Waals surface area contributed by atoms with E-state index in [4.69, 9.17) is 14.2 Å². The zero-order valence-electron chi connectivity index (χ0n) is 12.1. The predicted octanol–water partition coefficient (Wildman–Crippen LogP) is -0.649. The molecule has 1 amide bonds. The maximum absolute atomic E-state index is 12.4.